The summed E-state index contributed by atoms with van der Waals surface area (Å²) in [5, 5.41) is 0. The molecule has 1 aromatic heterocycles. The van der Waals surface area contributed by atoms with Gasteiger partial charge in [0.1, 0.15) is 5.69 Å². The normalized spacial score (nSPS) is 17.6. The van der Waals surface area contributed by atoms with E-state index in [0.717, 1.165) is 23.1 Å². The summed E-state index contributed by atoms with van der Waals surface area (Å²) in [5.74, 6) is 0.0496. The second kappa shape index (κ2) is 6.03. The Morgan fingerprint density at radius 2 is 2.29 bits per heavy atom. The van der Waals surface area contributed by atoms with Crippen molar-refractivity contribution in [1.82, 2.24) is 9.88 Å². The highest BCUT2D eigenvalue weighted by Crippen LogP contribution is 2.35. The van der Waals surface area contributed by atoms with Gasteiger partial charge in [-0.05, 0) is 36.2 Å². The van der Waals surface area contributed by atoms with Crippen LogP contribution >= 0.6 is 15.9 Å². The molecule has 0 aliphatic carbocycles. The minimum atomic E-state index is 0.0496. The van der Waals surface area contributed by atoms with Gasteiger partial charge < -0.3 is 14.6 Å². The lowest BCUT2D eigenvalue weighted by Gasteiger charge is -2.41. The molecule has 2 heterocycles. The van der Waals surface area contributed by atoms with Crippen LogP contribution < -0.4 is 0 Å². The number of amides is 1. The van der Waals surface area contributed by atoms with Gasteiger partial charge in [0.15, 0.2) is 0 Å². The Kier molecular flexibility index (Phi) is 4.12. The van der Waals surface area contributed by atoms with Gasteiger partial charge in [0.05, 0.1) is 12.6 Å². The van der Waals surface area contributed by atoms with Crippen molar-refractivity contribution in [2.45, 2.75) is 19.1 Å². The predicted molar refractivity (Wildman–Crippen MR) is 84.0 cm³/mol. The van der Waals surface area contributed by atoms with E-state index in [0.29, 0.717) is 12.3 Å². The van der Waals surface area contributed by atoms with Crippen molar-refractivity contribution in [2.75, 3.05) is 13.7 Å². The lowest BCUT2D eigenvalue weighted by atomic mass is 9.94. The predicted octanol–water partition coefficient (Wildman–Crippen LogP) is 3.51. The smallest absolute Gasteiger partial charge is 0.270 e. The maximum absolute atomic E-state index is 12.6. The van der Waals surface area contributed by atoms with Crippen molar-refractivity contribution in [3.63, 3.8) is 0 Å². The Hall–Kier alpha value is -1.59. The van der Waals surface area contributed by atoms with Crippen molar-refractivity contribution < 1.29 is 9.53 Å². The summed E-state index contributed by atoms with van der Waals surface area (Å²) in [6.07, 6.45) is 1.01. The molecule has 5 heteroatoms. The zero-order valence-corrected chi connectivity index (χ0v) is 13.4. The summed E-state index contributed by atoms with van der Waals surface area (Å²) < 4.78 is 6.11. The van der Waals surface area contributed by atoms with Gasteiger partial charge in [-0.2, -0.15) is 0 Å². The van der Waals surface area contributed by atoms with Crippen LogP contribution in [0, 0.1) is 0 Å². The topological polar surface area (TPSA) is 45.3 Å². The van der Waals surface area contributed by atoms with E-state index in [4.69, 9.17) is 4.74 Å². The average Bonchev–Trinajstić information content (AvgIpc) is 2.86. The van der Waals surface area contributed by atoms with Gasteiger partial charge >= 0.3 is 0 Å². The van der Waals surface area contributed by atoms with Crippen molar-refractivity contribution in [2.24, 2.45) is 0 Å². The highest BCUT2D eigenvalue weighted by Gasteiger charge is 2.34. The van der Waals surface area contributed by atoms with E-state index >= 15 is 0 Å². The van der Waals surface area contributed by atoms with E-state index in [2.05, 4.69) is 33.0 Å². The number of benzene rings is 1. The fourth-order valence-corrected chi connectivity index (χ4v) is 3.07. The van der Waals surface area contributed by atoms with Crippen LogP contribution in [-0.4, -0.2) is 29.4 Å². The van der Waals surface area contributed by atoms with E-state index in [-0.39, 0.29) is 11.9 Å². The van der Waals surface area contributed by atoms with Crippen LogP contribution in [0.2, 0.25) is 0 Å². The molecule has 0 spiro atoms. The number of methoxy groups -OCH3 is 1. The Morgan fingerprint density at radius 1 is 1.43 bits per heavy atom. The summed E-state index contributed by atoms with van der Waals surface area (Å²) in [6.45, 7) is 1.29. The molecule has 1 amide bonds. The minimum absolute atomic E-state index is 0.0496. The van der Waals surface area contributed by atoms with E-state index in [1.807, 2.05) is 29.2 Å². The Balaban J connectivity index is 1.75. The SMILES string of the molecule is COCc1ccc(C(=O)N2CCC2c2cccc(Br)c2)[nH]1. The van der Waals surface area contributed by atoms with Crippen molar-refractivity contribution in [3.8, 4) is 0 Å². The first kappa shape index (κ1) is 14.4. The first-order valence-electron chi connectivity index (χ1n) is 6.92. The van der Waals surface area contributed by atoms with Crippen LogP contribution in [0.5, 0.6) is 0 Å². The molecule has 0 radical (unpaired) electrons. The Bertz CT molecular complexity index is 653. The molecule has 21 heavy (non-hydrogen) atoms. The number of nitrogens with one attached hydrogen (secondary N) is 1. The quantitative estimate of drug-likeness (QED) is 0.918. The van der Waals surface area contributed by atoms with Crippen LogP contribution in [-0.2, 0) is 11.3 Å². The zero-order chi connectivity index (χ0) is 14.8. The molecule has 0 bridgehead atoms. The molecule has 1 fully saturated rings. The molecular formula is C16H17BrN2O2. The lowest BCUT2D eigenvalue weighted by Crippen LogP contribution is -2.45. The number of nitrogens with zero attached hydrogens (tertiary/aromatic N) is 1. The second-order valence-electron chi connectivity index (χ2n) is 5.19. The van der Waals surface area contributed by atoms with Gasteiger partial charge in [-0.25, -0.2) is 0 Å². The molecule has 3 rings (SSSR count). The Morgan fingerprint density at radius 3 is 2.95 bits per heavy atom. The summed E-state index contributed by atoms with van der Waals surface area (Å²) in [6, 6.07) is 12.0. The molecule has 4 nitrogen and oxygen atoms in total. The number of hydrogen-bond donors (Lipinski definition) is 1. The number of H-pyrrole nitrogens is 1. The van der Waals surface area contributed by atoms with Gasteiger partial charge in [-0.1, -0.05) is 28.1 Å². The highest BCUT2D eigenvalue weighted by atomic mass is 79.9. The van der Waals surface area contributed by atoms with Crippen molar-refractivity contribution in [3.05, 3.63) is 57.8 Å². The highest BCUT2D eigenvalue weighted by molar-refractivity contribution is 9.10. The summed E-state index contributed by atoms with van der Waals surface area (Å²) in [4.78, 5) is 17.6. The van der Waals surface area contributed by atoms with E-state index in [1.54, 1.807) is 7.11 Å². The molecular weight excluding hydrogens is 332 g/mol. The summed E-state index contributed by atoms with van der Waals surface area (Å²) in [5.41, 5.74) is 2.72. The first-order valence-corrected chi connectivity index (χ1v) is 7.71. The average molecular weight is 349 g/mol. The largest absolute Gasteiger partial charge is 0.378 e. The third-order valence-electron chi connectivity index (χ3n) is 3.79. The van der Waals surface area contributed by atoms with Crippen LogP contribution in [0.15, 0.2) is 40.9 Å². The monoisotopic (exact) mass is 348 g/mol. The number of aromatic nitrogens is 1. The molecule has 1 unspecified atom stereocenters. The maximum atomic E-state index is 12.6. The Labute approximate surface area is 132 Å². The third kappa shape index (κ3) is 2.89. The molecule has 1 saturated heterocycles. The van der Waals surface area contributed by atoms with Gasteiger partial charge in [-0.3, -0.25) is 4.79 Å². The van der Waals surface area contributed by atoms with Crippen molar-refractivity contribution >= 4 is 21.8 Å². The zero-order valence-electron chi connectivity index (χ0n) is 11.8. The van der Waals surface area contributed by atoms with Gasteiger partial charge in [0.25, 0.3) is 5.91 Å². The van der Waals surface area contributed by atoms with Gasteiger partial charge in [-0.15, -0.1) is 0 Å². The minimum Gasteiger partial charge on any atom is -0.378 e. The first-order chi connectivity index (χ1) is 10.2. The number of rotatable bonds is 4. The molecule has 1 N–H and O–H groups in total. The van der Waals surface area contributed by atoms with Crippen LogP contribution in [0.1, 0.15) is 34.2 Å². The molecule has 110 valence electrons. The lowest BCUT2D eigenvalue weighted by molar-refractivity contribution is 0.0454. The molecule has 1 aromatic carbocycles. The summed E-state index contributed by atoms with van der Waals surface area (Å²) in [7, 11) is 1.64. The number of aromatic amines is 1. The van der Waals surface area contributed by atoms with Crippen LogP contribution in [0.25, 0.3) is 0 Å². The van der Waals surface area contributed by atoms with E-state index < -0.39 is 0 Å². The van der Waals surface area contributed by atoms with E-state index in [9.17, 15) is 4.79 Å². The van der Waals surface area contributed by atoms with Gasteiger partial charge in [0.2, 0.25) is 0 Å². The van der Waals surface area contributed by atoms with Gasteiger partial charge in [0, 0.05) is 23.8 Å². The molecule has 2 aromatic rings. The molecule has 1 atom stereocenters. The number of carbonyl (C=O) groups excluding carboxylic acids is 1. The number of carbonyl (C=O) groups is 1. The molecule has 1 aliphatic rings. The van der Waals surface area contributed by atoms with Crippen LogP contribution in [0.3, 0.4) is 0 Å². The number of ether oxygens (including phenoxy) is 1. The third-order valence-corrected chi connectivity index (χ3v) is 4.28. The number of halogens is 1. The fraction of sp³-hybridized carbons (Fsp3) is 0.312. The second-order valence-corrected chi connectivity index (χ2v) is 6.10. The van der Waals surface area contributed by atoms with E-state index in [1.165, 1.54) is 5.56 Å². The molecule has 0 saturated carbocycles. The van der Waals surface area contributed by atoms with Crippen LogP contribution in [0.4, 0.5) is 0 Å². The number of hydrogen-bond acceptors (Lipinski definition) is 2. The summed E-state index contributed by atoms with van der Waals surface area (Å²) >= 11 is 3.48. The number of likely N-dealkylation sites (tertiary alicyclic amines) is 1. The molecule has 1 aliphatic heterocycles. The maximum Gasteiger partial charge on any atom is 0.270 e. The fourth-order valence-electron chi connectivity index (χ4n) is 2.65. The van der Waals surface area contributed by atoms with Crippen molar-refractivity contribution in [1.29, 1.82) is 0 Å². The standard InChI is InChI=1S/C16H17BrN2O2/c1-21-10-13-5-6-14(18-13)16(20)19-8-7-15(19)11-3-2-4-12(17)9-11/h2-6,9,15,18H,7-8,10H2,1H3.